The zero-order valence-corrected chi connectivity index (χ0v) is 16.2. The first-order valence-electron chi connectivity index (χ1n) is 8.99. The highest BCUT2D eigenvalue weighted by Gasteiger charge is 2.07. The van der Waals surface area contributed by atoms with Crippen molar-refractivity contribution >= 4 is 17.3 Å². The average Bonchev–Trinajstić information content (AvgIpc) is 2.74. The Labute approximate surface area is 164 Å². The third-order valence-electron chi connectivity index (χ3n) is 4.04. The maximum absolute atomic E-state index is 5.64. The summed E-state index contributed by atoms with van der Waals surface area (Å²) in [6, 6.07) is 15.4. The maximum Gasteiger partial charge on any atom is 0.161 e. The summed E-state index contributed by atoms with van der Waals surface area (Å²) in [4.78, 5) is 8.57. The number of hydrogen-bond acceptors (Lipinski definition) is 7. The van der Waals surface area contributed by atoms with E-state index in [-0.39, 0.29) is 0 Å². The molecule has 0 aliphatic rings. The summed E-state index contributed by atoms with van der Waals surface area (Å²) in [5, 5.41) is 6.57. The summed E-state index contributed by atoms with van der Waals surface area (Å²) in [5.41, 5.74) is 1.90. The number of benzene rings is 2. The molecule has 7 heteroatoms. The number of nitrogens with one attached hydrogen (secondary N) is 2. The van der Waals surface area contributed by atoms with Gasteiger partial charge in [-0.1, -0.05) is 18.2 Å². The molecule has 7 nitrogen and oxygen atoms in total. The third-order valence-corrected chi connectivity index (χ3v) is 4.04. The van der Waals surface area contributed by atoms with Crippen LogP contribution in [0.5, 0.6) is 17.2 Å². The number of para-hydroxylation sites is 2. The second kappa shape index (κ2) is 9.45. The van der Waals surface area contributed by atoms with Crippen molar-refractivity contribution < 1.29 is 14.2 Å². The van der Waals surface area contributed by atoms with Gasteiger partial charge in [-0.3, -0.25) is 0 Å². The van der Waals surface area contributed by atoms with Crippen LogP contribution >= 0.6 is 0 Å². The molecule has 2 N–H and O–H groups in total. The normalized spacial score (nSPS) is 10.2. The molecule has 0 saturated heterocycles. The Bertz CT molecular complexity index is 918. The van der Waals surface area contributed by atoms with Crippen molar-refractivity contribution in [2.75, 3.05) is 31.5 Å². The van der Waals surface area contributed by atoms with Gasteiger partial charge in [0.1, 0.15) is 23.7 Å². The molecule has 3 rings (SSSR count). The topological polar surface area (TPSA) is 77.5 Å². The molecule has 0 saturated carbocycles. The van der Waals surface area contributed by atoms with Gasteiger partial charge in [-0.25, -0.2) is 9.97 Å². The van der Waals surface area contributed by atoms with Gasteiger partial charge in [0.25, 0.3) is 0 Å². The van der Waals surface area contributed by atoms with Gasteiger partial charge in [0.15, 0.2) is 11.5 Å². The highest BCUT2D eigenvalue weighted by atomic mass is 16.5. The first-order chi connectivity index (χ1) is 13.7. The van der Waals surface area contributed by atoms with Crippen molar-refractivity contribution in [3.8, 4) is 17.2 Å². The van der Waals surface area contributed by atoms with Gasteiger partial charge in [-0.2, -0.15) is 0 Å². The van der Waals surface area contributed by atoms with Crippen molar-refractivity contribution in [1.82, 2.24) is 9.97 Å². The molecule has 0 bridgehead atoms. The quantitative estimate of drug-likeness (QED) is 0.575. The molecule has 2 aromatic carbocycles. The predicted octanol–water partition coefficient (Wildman–Crippen LogP) is 4.25. The van der Waals surface area contributed by atoms with Crippen LogP contribution in [0, 0.1) is 0 Å². The lowest BCUT2D eigenvalue weighted by molar-refractivity contribution is 0.342. The first kappa shape index (κ1) is 19.3. The van der Waals surface area contributed by atoms with Gasteiger partial charge in [0.2, 0.25) is 0 Å². The molecule has 3 aromatic rings. The summed E-state index contributed by atoms with van der Waals surface area (Å²) < 4.78 is 16.3. The standard InChI is InChI=1S/C21H24N4O3/c1-4-28-17-8-6-5-7-16(17)25-21-12-20(23-14-24-21)22-13-15-9-10-18(26-2)19(11-15)27-3/h5-12,14H,4,13H2,1-3H3,(H2,22,23,24,25). The highest BCUT2D eigenvalue weighted by molar-refractivity contribution is 5.65. The molecule has 0 aliphatic heterocycles. The minimum atomic E-state index is 0.590. The Hall–Kier alpha value is -3.48. The molecule has 0 unspecified atom stereocenters. The Morgan fingerprint density at radius 2 is 1.64 bits per heavy atom. The second-order valence-electron chi connectivity index (χ2n) is 5.89. The van der Waals surface area contributed by atoms with Gasteiger partial charge in [-0.05, 0) is 36.8 Å². The van der Waals surface area contributed by atoms with E-state index < -0.39 is 0 Å². The van der Waals surface area contributed by atoms with Crippen LogP contribution in [0.4, 0.5) is 17.3 Å². The first-order valence-corrected chi connectivity index (χ1v) is 8.99. The van der Waals surface area contributed by atoms with E-state index in [1.165, 1.54) is 6.33 Å². The van der Waals surface area contributed by atoms with Crippen LogP contribution in [0.1, 0.15) is 12.5 Å². The molecule has 0 amide bonds. The van der Waals surface area contributed by atoms with Crippen LogP contribution < -0.4 is 24.8 Å². The molecule has 0 radical (unpaired) electrons. The van der Waals surface area contributed by atoms with Gasteiger partial charge in [-0.15, -0.1) is 0 Å². The Balaban J connectivity index is 1.69. The fourth-order valence-electron chi connectivity index (χ4n) is 2.69. The molecule has 0 aliphatic carbocycles. The number of ether oxygens (including phenoxy) is 3. The highest BCUT2D eigenvalue weighted by Crippen LogP contribution is 2.29. The lowest BCUT2D eigenvalue weighted by Gasteiger charge is -2.13. The summed E-state index contributed by atoms with van der Waals surface area (Å²) in [5.74, 6) is 3.56. The fraction of sp³-hybridized carbons (Fsp3) is 0.238. The molecular formula is C21H24N4O3. The Kier molecular flexibility index (Phi) is 6.51. The lowest BCUT2D eigenvalue weighted by atomic mass is 10.2. The smallest absolute Gasteiger partial charge is 0.161 e. The van der Waals surface area contributed by atoms with Crippen LogP contribution in [0.25, 0.3) is 0 Å². The zero-order chi connectivity index (χ0) is 19.8. The van der Waals surface area contributed by atoms with Crippen molar-refractivity contribution in [1.29, 1.82) is 0 Å². The number of methoxy groups -OCH3 is 2. The van der Waals surface area contributed by atoms with Crippen molar-refractivity contribution in [2.45, 2.75) is 13.5 Å². The predicted molar refractivity (Wildman–Crippen MR) is 110 cm³/mol. The van der Waals surface area contributed by atoms with E-state index in [1.54, 1.807) is 14.2 Å². The van der Waals surface area contributed by atoms with Crippen molar-refractivity contribution in [2.24, 2.45) is 0 Å². The number of rotatable bonds is 9. The van der Waals surface area contributed by atoms with Gasteiger partial charge in [0, 0.05) is 12.6 Å². The summed E-state index contributed by atoms with van der Waals surface area (Å²) >= 11 is 0. The van der Waals surface area contributed by atoms with Gasteiger partial charge >= 0.3 is 0 Å². The molecule has 28 heavy (non-hydrogen) atoms. The SMILES string of the molecule is CCOc1ccccc1Nc1cc(NCc2ccc(OC)c(OC)c2)ncn1. The second-order valence-corrected chi connectivity index (χ2v) is 5.89. The van der Waals surface area contributed by atoms with Crippen LogP contribution in [0.3, 0.4) is 0 Å². The van der Waals surface area contributed by atoms with Crippen LogP contribution in [-0.4, -0.2) is 30.8 Å². The zero-order valence-electron chi connectivity index (χ0n) is 16.2. The minimum absolute atomic E-state index is 0.590. The molecular weight excluding hydrogens is 356 g/mol. The van der Waals surface area contributed by atoms with E-state index in [0.29, 0.717) is 36.3 Å². The van der Waals surface area contributed by atoms with E-state index in [2.05, 4.69) is 20.6 Å². The van der Waals surface area contributed by atoms with E-state index in [1.807, 2.05) is 55.5 Å². The molecule has 0 atom stereocenters. The number of aromatic nitrogens is 2. The van der Waals surface area contributed by atoms with E-state index >= 15 is 0 Å². The lowest BCUT2D eigenvalue weighted by Crippen LogP contribution is -2.04. The van der Waals surface area contributed by atoms with Crippen LogP contribution in [0.15, 0.2) is 54.9 Å². The molecule has 1 heterocycles. The summed E-state index contributed by atoms with van der Waals surface area (Å²) in [6.45, 7) is 3.14. The maximum atomic E-state index is 5.64. The molecule has 1 aromatic heterocycles. The Morgan fingerprint density at radius 3 is 2.43 bits per heavy atom. The Morgan fingerprint density at radius 1 is 0.857 bits per heavy atom. The largest absolute Gasteiger partial charge is 0.493 e. The van der Waals surface area contributed by atoms with E-state index in [4.69, 9.17) is 14.2 Å². The van der Waals surface area contributed by atoms with Crippen LogP contribution in [-0.2, 0) is 6.54 Å². The van der Waals surface area contributed by atoms with Crippen molar-refractivity contribution in [3.63, 3.8) is 0 Å². The molecule has 146 valence electrons. The van der Waals surface area contributed by atoms with E-state index in [0.717, 1.165) is 17.0 Å². The average molecular weight is 380 g/mol. The third kappa shape index (κ3) is 4.82. The summed E-state index contributed by atoms with van der Waals surface area (Å²) in [6.07, 6.45) is 1.52. The van der Waals surface area contributed by atoms with Gasteiger partial charge in [0.05, 0.1) is 26.5 Å². The van der Waals surface area contributed by atoms with Crippen molar-refractivity contribution in [3.05, 3.63) is 60.4 Å². The molecule has 0 fully saturated rings. The summed E-state index contributed by atoms with van der Waals surface area (Å²) in [7, 11) is 3.24. The minimum Gasteiger partial charge on any atom is -0.493 e. The fourth-order valence-corrected chi connectivity index (χ4v) is 2.69. The number of anilines is 3. The number of hydrogen-bond donors (Lipinski definition) is 2. The number of nitrogens with zero attached hydrogens (tertiary/aromatic N) is 2. The van der Waals surface area contributed by atoms with Crippen LogP contribution in [0.2, 0.25) is 0 Å². The monoisotopic (exact) mass is 380 g/mol. The van der Waals surface area contributed by atoms with E-state index in [9.17, 15) is 0 Å². The van der Waals surface area contributed by atoms with Gasteiger partial charge < -0.3 is 24.8 Å². The molecule has 0 spiro atoms.